The van der Waals surface area contributed by atoms with Gasteiger partial charge in [0.15, 0.2) is 0 Å². The van der Waals surface area contributed by atoms with Gasteiger partial charge in [0.2, 0.25) is 0 Å². The molecule has 2 amide bonds. The quantitative estimate of drug-likeness (QED) is 0.788. The van der Waals surface area contributed by atoms with Crippen LogP contribution in [-0.4, -0.2) is 41.6 Å². The number of likely N-dealkylation sites (tertiary alicyclic amines) is 1. The van der Waals surface area contributed by atoms with Gasteiger partial charge >= 0.3 is 12.0 Å². The fourth-order valence-corrected chi connectivity index (χ4v) is 2.68. The summed E-state index contributed by atoms with van der Waals surface area (Å²) < 4.78 is 0. The Labute approximate surface area is 125 Å². The predicted molar refractivity (Wildman–Crippen MR) is 80.1 cm³/mol. The third kappa shape index (κ3) is 5.10. The van der Waals surface area contributed by atoms with Gasteiger partial charge in [-0.05, 0) is 30.7 Å². The average Bonchev–Trinajstić information content (AvgIpc) is 2.93. The number of nitrogens with zero attached hydrogens (tertiary/aromatic N) is 1. The largest absolute Gasteiger partial charge is 0.481 e. The molecule has 1 heterocycles. The SMILES string of the molecule is O=C(O)CCCNC(=O)N1CCC(Cc2ccccc2)C1. The van der Waals surface area contributed by atoms with E-state index in [1.807, 2.05) is 23.1 Å². The summed E-state index contributed by atoms with van der Waals surface area (Å²) in [6.45, 7) is 1.98. The Hall–Kier alpha value is -2.04. The fourth-order valence-electron chi connectivity index (χ4n) is 2.68. The molecule has 1 aliphatic heterocycles. The van der Waals surface area contributed by atoms with Crippen LogP contribution < -0.4 is 5.32 Å². The van der Waals surface area contributed by atoms with Crippen LogP contribution in [0.25, 0.3) is 0 Å². The summed E-state index contributed by atoms with van der Waals surface area (Å²) >= 11 is 0. The van der Waals surface area contributed by atoms with Crippen LogP contribution in [0, 0.1) is 5.92 Å². The van der Waals surface area contributed by atoms with Gasteiger partial charge in [0.05, 0.1) is 0 Å². The molecular weight excluding hydrogens is 268 g/mol. The molecule has 1 saturated heterocycles. The van der Waals surface area contributed by atoms with Crippen LogP contribution in [0.2, 0.25) is 0 Å². The Bertz CT molecular complexity index is 476. The third-order valence-electron chi connectivity index (χ3n) is 3.78. The molecule has 1 aromatic carbocycles. The molecule has 0 aromatic heterocycles. The molecule has 1 aliphatic rings. The van der Waals surface area contributed by atoms with Crippen molar-refractivity contribution in [3.63, 3.8) is 0 Å². The zero-order valence-electron chi connectivity index (χ0n) is 12.1. The van der Waals surface area contributed by atoms with Gasteiger partial charge in [-0.2, -0.15) is 0 Å². The summed E-state index contributed by atoms with van der Waals surface area (Å²) in [6, 6.07) is 10.3. The van der Waals surface area contributed by atoms with Crippen molar-refractivity contribution in [1.29, 1.82) is 0 Å². The number of amides is 2. The summed E-state index contributed by atoms with van der Waals surface area (Å²) in [5.74, 6) is -0.314. The molecule has 0 aliphatic carbocycles. The number of rotatable bonds is 6. The number of carbonyl (C=O) groups is 2. The summed E-state index contributed by atoms with van der Waals surface area (Å²) in [6.07, 6.45) is 2.60. The Morgan fingerprint density at radius 2 is 2.05 bits per heavy atom. The van der Waals surface area contributed by atoms with Crippen LogP contribution in [0.4, 0.5) is 4.79 Å². The molecule has 2 rings (SSSR count). The Kier molecular flexibility index (Phi) is 5.60. The smallest absolute Gasteiger partial charge is 0.317 e. The van der Waals surface area contributed by atoms with E-state index in [2.05, 4.69) is 17.4 Å². The highest BCUT2D eigenvalue weighted by Crippen LogP contribution is 2.20. The molecule has 0 bridgehead atoms. The number of benzene rings is 1. The van der Waals surface area contributed by atoms with E-state index in [-0.39, 0.29) is 12.5 Å². The molecule has 5 nitrogen and oxygen atoms in total. The minimum Gasteiger partial charge on any atom is -0.481 e. The fraction of sp³-hybridized carbons (Fsp3) is 0.500. The highest BCUT2D eigenvalue weighted by molar-refractivity contribution is 5.74. The van der Waals surface area contributed by atoms with E-state index in [1.54, 1.807) is 0 Å². The van der Waals surface area contributed by atoms with Crippen molar-refractivity contribution >= 4 is 12.0 Å². The number of hydrogen-bond donors (Lipinski definition) is 2. The number of hydrogen-bond acceptors (Lipinski definition) is 2. The molecule has 0 radical (unpaired) electrons. The first-order valence-electron chi connectivity index (χ1n) is 7.43. The van der Waals surface area contributed by atoms with Gasteiger partial charge in [-0.25, -0.2) is 4.79 Å². The predicted octanol–water partition coefficient (Wildman–Crippen LogP) is 2.13. The van der Waals surface area contributed by atoms with Crippen molar-refractivity contribution in [3.8, 4) is 0 Å². The van der Waals surface area contributed by atoms with E-state index in [0.29, 0.717) is 18.9 Å². The van der Waals surface area contributed by atoms with E-state index < -0.39 is 5.97 Å². The van der Waals surface area contributed by atoms with Crippen LogP contribution in [0.1, 0.15) is 24.8 Å². The maximum Gasteiger partial charge on any atom is 0.317 e. The molecule has 21 heavy (non-hydrogen) atoms. The van der Waals surface area contributed by atoms with E-state index >= 15 is 0 Å². The second-order valence-electron chi connectivity index (χ2n) is 5.52. The van der Waals surface area contributed by atoms with Crippen molar-refractivity contribution in [2.45, 2.75) is 25.7 Å². The molecule has 0 spiro atoms. The van der Waals surface area contributed by atoms with Gasteiger partial charge in [-0.15, -0.1) is 0 Å². The summed E-state index contributed by atoms with van der Waals surface area (Å²) in [5.41, 5.74) is 1.31. The van der Waals surface area contributed by atoms with Gasteiger partial charge in [-0.3, -0.25) is 4.79 Å². The number of carbonyl (C=O) groups excluding carboxylic acids is 1. The number of carboxylic acid groups (broad SMARTS) is 1. The second-order valence-corrected chi connectivity index (χ2v) is 5.52. The zero-order chi connectivity index (χ0) is 15.1. The van der Waals surface area contributed by atoms with Crippen molar-refractivity contribution in [1.82, 2.24) is 10.2 Å². The Morgan fingerprint density at radius 1 is 1.29 bits per heavy atom. The van der Waals surface area contributed by atoms with Crippen LogP contribution in [0.3, 0.4) is 0 Å². The summed E-state index contributed by atoms with van der Waals surface area (Å²) in [5, 5.41) is 11.3. The Morgan fingerprint density at radius 3 is 2.76 bits per heavy atom. The van der Waals surface area contributed by atoms with Gasteiger partial charge in [0.1, 0.15) is 0 Å². The molecule has 1 fully saturated rings. The maximum absolute atomic E-state index is 12.0. The topological polar surface area (TPSA) is 69.6 Å². The first kappa shape index (κ1) is 15.4. The van der Waals surface area contributed by atoms with Crippen LogP contribution in [-0.2, 0) is 11.2 Å². The van der Waals surface area contributed by atoms with Crippen molar-refractivity contribution in [2.75, 3.05) is 19.6 Å². The lowest BCUT2D eigenvalue weighted by atomic mass is 9.99. The lowest BCUT2D eigenvalue weighted by molar-refractivity contribution is -0.137. The summed E-state index contributed by atoms with van der Waals surface area (Å²) in [7, 11) is 0. The molecule has 1 aromatic rings. The van der Waals surface area contributed by atoms with Gasteiger partial charge < -0.3 is 15.3 Å². The zero-order valence-corrected chi connectivity index (χ0v) is 12.1. The van der Waals surface area contributed by atoms with Crippen LogP contribution in [0.15, 0.2) is 30.3 Å². The normalized spacial score (nSPS) is 17.7. The van der Waals surface area contributed by atoms with Crippen molar-refractivity contribution in [2.24, 2.45) is 5.92 Å². The standard InChI is InChI=1S/C16H22N2O3/c19-15(20)7-4-9-17-16(21)18-10-8-14(12-18)11-13-5-2-1-3-6-13/h1-3,5-6,14H,4,7-12H2,(H,17,21)(H,19,20). The average molecular weight is 290 g/mol. The van der Waals surface area contributed by atoms with Gasteiger partial charge in [0, 0.05) is 26.1 Å². The van der Waals surface area contributed by atoms with Crippen molar-refractivity contribution < 1.29 is 14.7 Å². The molecule has 1 unspecified atom stereocenters. The highest BCUT2D eigenvalue weighted by atomic mass is 16.4. The van der Waals surface area contributed by atoms with E-state index in [1.165, 1.54) is 5.56 Å². The van der Waals surface area contributed by atoms with Crippen LogP contribution >= 0.6 is 0 Å². The van der Waals surface area contributed by atoms with E-state index in [4.69, 9.17) is 5.11 Å². The number of nitrogens with one attached hydrogen (secondary N) is 1. The molecule has 5 heteroatoms. The molecule has 0 saturated carbocycles. The number of carboxylic acids is 1. The first-order chi connectivity index (χ1) is 10.1. The Balaban J connectivity index is 1.69. The molecule has 1 atom stereocenters. The highest BCUT2D eigenvalue weighted by Gasteiger charge is 2.25. The van der Waals surface area contributed by atoms with Gasteiger partial charge in [0.25, 0.3) is 0 Å². The lowest BCUT2D eigenvalue weighted by Gasteiger charge is -2.17. The number of urea groups is 1. The van der Waals surface area contributed by atoms with Gasteiger partial charge in [-0.1, -0.05) is 30.3 Å². The molecular formula is C16H22N2O3. The maximum atomic E-state index is 12.0. The third-order valence-corrected chi connectivity index (χ3v) is 3.78. The van der Waals surface area contributed by atoms with E-state index in [0.717, 1.165) is 25.9 Å². The minimum atomic E-state index is -0.826. The minimum absolute atomic E-state index is 0.0732. The molecule has 2 N–H and O–H groups in total. The number of aliphatic carboxylic acids is 1. The van der Waals surface area contributed by atoms with Crippen LogP contribution in [0.5, 0.6) is 0 Å². The van der Waals surface area contributed by atoms with Crippen molar-refractivity contribution in [3.05, 3.63) is 35.9 Å². The summed E-state index contributed by atoms with van der Waals surface area (Å²) in [4.78, 5) is 24.2. The monoisotopic (exact) mass is 290 g/mol. The molecule has 114 valence electrons. The second kappa shape index (κ2) is 7.67. The lowest BCUT2D eigenvalue weighted by Crippen LogP contribution is -2.39. The first-order valence-corrected chi connectivity index (χ1v) is 7.43. The van der Waals surface area contributed by atoms with E-state index in [9.17, 15) is 9.59 Å².